The van der Waals surface area contributed by atoms with Crippen molar-refractivity contribution in [1.29, 1.82) is 0 Å². The Hall–Kier alpha value is -2.18. The number of hydrogen-bond donors (Lipinski definition) is 3. The number of fused-ring (bicyclic) bond motifs is 3. The molecular weight excluding hydrogens is 386 g/mol. The Balaban J connectivity index is 0.000000250. The van der Waals surface area contributed by atoms with Crippen LogP contribution in [0.3, 0.4) is 0 Å². The quantitative estimate of drug-likeness (QED) is 0.601. The summed E-state index contributed by atoms with van der Waals surface area (Å²) in [5, 5.41) is 12.9. The molecule has 2 aromatic carbocycles. The Morgan fingerprint density at radius 1 is 1.13 bits per heavy atom. The van der Waals surface area contributed by atoms with Gasteiger partial charge in [0, 0.05) is 41.8 Å². The van der Waals surface area contributed by atoms with Gasteiger partial charge in [-0.05, 0) is 73.7 Å². The summed E-state index contributed by atoms with van der Waals surface area (Å²) >= 11 is 0. The van der Waals surface area contributed by atoms with Crippen molar-refractivity contribution >= 4 is 10.9 Å². The molecule has 5 heteroatoms. The average Bonchev–Trinajstić information content (AvgIpc) is 3.57. The van der Waals surface area contributed by atoms with Gasteiger partial charge in [0.25, 0.3) is 0 Å². The first-order valence-electron chi connectivity index (χ1n) is 11.6. The summed E-state index contributed by atoms with van der Waals surface area (Å²) in [6, 6.07) is 18.9. The Kier molecular flexibility index (Phi) is 6.10. The standard InChI is InChI=1S/C21H22N2O.C5H11NO/c1-14-7-18-9-17(5-6-21(18)22-14)16-4-2-3-15(8-16)11-23-12-20-10-19(23)13-24-20;7-4-5-2-1-3-6-5/h2-9,19-20,22H,10-13H2,1H3;5-7H,1-4H2. The van der Waals surface area contributed by atoms with Gasteiger partial charge in [-0.1, -0.05) is 24.3 Å². The topological polar surface area (TPSA) is 60.5 Å². The molecule has 3 aliphatic rings. The van der Waals surface area contributed by atoms with Gasteiger partial charge in [0.15, 0.2) is 0 Å². The molecule has 0 spiro atoms. The molecule has 6 rings (SSSR count). The van der Waals surface area contributed by atoms with Crippen LogP contribution in [0.25, 0.3) is 22.0 Å². The Bertz CT molecular complexity index is 1020. The number of aromatic nitrogens is 1. The number of aliphatic hydroxyl groups is 1. The molecule has 0 aliphatic carbocycles. The summed E-state index contributed by atoms with van der Waals surface area (Å²) in [5.41, 5.74) is 6.40. The van der Waals surface area contributed by atoms with E-state index in [1.54, 1.807) is 0 Å². The number of likely N-dealkylation sites (tertiary alicyclic amines) is 1. The van der Waals surface area contributed by atoms with Crippen LogP contribution >= 0.6 is 0 Å². The lowest BCUT2D eigenvalue weighted by atomic mass is 10.0. The predicted octanol–water partition coefficient (Wildman–Crippen LogP) is 3.85. The van der Waals surface area contributed by atoms with Crippen LogP contribution in [0, 0.1) is 6.92 Å². The van der Waals surface area contributed by atoms with Crippen molar-refractivity contribution in [2.75, 3.05) is 26.3 Å². The first-order chi connectivity index (χ1) is 15.2. The highest BCUT2D eigenvalue weighted by atomic mass is 16.5. The summed E-state index contributed by atoms with van der Waals surface area (Å²) in [5.74, 6) is 0. The third kappa shape index (κ3) is 4.70. The average molecular weight is 420 g/mol. The minimum Gasteiger partial charge on any atom is -0.395 e. The number of nitrogens with zero attached hydrogens (tertiary/aromatic N) is 1. The molecule has 1 aromatic heterocycles. The third-order valence-electron chi connectivity index (χ3n) is 6.80. The molecule has 0 amide bonds. The van der Waals surface area contributed by atoms with Gasteiger partial charge in [-0.3, -0.25) is 4.90 Å². The SMILES string of the molecule is Cc1cc2cc(-c3cccc(CN4CC5CC4CO5)c3)ccc2[nH]1.OCC1CCCN1. The van der Waals surface area contributed by atoms with Gasteiger partial charge in [-0.2, -0.15) is 0 Å². The fourth-order valence-corrected chi connectivity index (χ4v) is 5.13. The monoisotopic (exact) mass is 419 g/mol. The van der Waals surface area contributed by atoms with Crippen LogP contribution in [0.5, 0.6) is 0 Å². The number of ether oxygens (including phenoxy) is 1. The minimum absolute atomic E-state index is 0.306. The number of H-pyrrole nitrogens is 1. The van der Waals surface area contributed by atoms with Crippen molar-refractivity contribution in [3.8, 4) is 11.1 Å². The lowest BCUT2D eigenvalue weighted by Crippen LogP contribution is -2.36. The smallest absolute Gasteiger partial charge is 0.0718 e. The van der Waals surface area contributed by atoms with E-state index in [4.69, 9.17) is 9.84 Å². The van der Waals surface area contributed by atoms with E-state index in [2.05, 4.69) is 70.7 Å². The molecule has 0 saturated carbocycles. The number of rotatable bonds is 4. The van der Waals surface area contributed by atoms with Crippen LogP contribution in [0.2, 0.25) is 0 Å². The molecule has 4 heterocycles. The van der Waals surface area contributed by atoms with E-state index < -0.39 is 0 Å². The van der Waals surface area contributed by atoms with E-state index in [1.165, 1.54) is 46.1 Å². The molecule has 3 aromatic rings. The van der Waals surface area contributed by atoms with Crippen molar-refractivity contribution < 1.29 is 9.84 Å². The number of aromatic amines is 1. The molecule has 164 valence electrons. The van der Waals surface area contributed by atoms with Gasteiger partial charge in [0.2, 0.25) is 0 Å². The summed E-state index contributed by atoms with van der Waals surface area (Å²) < 4.78 is 5.71. The molecule has 31 heavy (non-hydrogen) atoms. The van der Waals surface area contributed by atoms with Crippen LogP contribution in [0.4, 0.5) is 0 Å². The lowest BCUT2D eigenvalue weighted by molar-refractivity contribution is 0.0273. The maximum atomic E-state index is 8.50. The highest BCUT2D eigenvalue weighted by molar-refractivity contribution is 5.85. The van der Waals surface area contributed by atoms with E-state index in [0.717, 1.165) is 32.7 Å². The van der Waals surface area contributed by atoms with E-state index in [1.807, 2.05) is 0 Å². The van der Waals surface area contributed by atoms with Crippen LogP contribution < -0.4 is 5.32 Å². The maximum absolute atomic E-state index is 8.50. The zero-order valence-electron chi connectivity index (χ0n) is 18.3. The van der Waals surface area contributed by atoms with Crippen molar-refractivity contribution in [2.45, 2.75) is 50.9 Å². The Labute approximate surface area is 184 Å². The maximum Gasteiger partial charge on any atom is 0.0718 e. The Morgan fingerprint density at radius 3 is 2.74 bits per heavy atom. The number of nitrogens with one attached hydrogen (secondary N) is 2. The van der Waals surface area contributed by atoms with Gasteiger partial charge in [-0.15, -0.1) is 0 Å². The van der Waals surface area contributed by atoms with E-state index in [-0.39, 0.29) is 0 Å². The highest BCUT2D eigenvalue weighted by Gasteiger charge is 2.38. The molecule has 0 radical (unpaired) electrons. The van der Waals surface area contributed by atoms with Gasteiger partial charge >= 0.3 is 0 Å². The largest absolute Gasteiger partial charge is 0.395 e. The first kappa shape index (κ1) is 20.7. The summed E-state index contributed by atoms with van der Waals surface area (Å²) in [6.07, 6.45) is 4.06. The first-order valence-corrected chi connectivity index (χ1v) is 11.6. The van der Waals surface area contributed by atoms with Gasteiger partial charge in [0.1, 0.15) is 0 Å². The van der Waals surface area contributed by atoms with Crippen LogP contribution in [-0.2, 0) is 11.3 Å². The summed E-state index contributed by atoms with van der Waals surface area (Å²) in [4.78, 5) is 5.97. The molecule has 3 atom stereocenters. The predicted molar refractivity (Wildman–Crippen MR) is 125 cm³/mol. The fraction of sp³-hybridized carbons (Fsp3) is 0.462. The number of aliphatic hydroxyl groups excluding tert-OH is 1. The normalized spacial score (nSPS) is 25.2. The molecular formula is C26H33N3O2. The van der Waals surface area contributed by atoms with Gasteiger partial charge in [-0.25, -0.2) is 0 Å². The highest BCUT2D eigenvalue weighted by Crippen LogP contribution is 2.30. The van der Waals surface area contributed by atoms with Crippen molar-refractivity contribution in [1.82, 2.24) is 15.2 Å². The minimum atomic E-state index is 0.306. The second kappa shape index (κ2) is 9.13. The zero-order chi connectivity index (χ0) is 21.2. The zero-order valence-corrected chi connectivity index (χ0v) is 18.3. The summed E-state index contributed by atoms with van der Waals surface area (Å²) in [6.45, 7) is 6.53. The third-order valence-corrected chi connectivity index (χ3v) is 6.80. The molecule has 3 saturated heterocycles. The molecule has 3 aliphatic heterocycles. The van der Waals surface area contributed by atoms with E-state index in [0.29, 0.717) is 24.8 Å². The summed E-state index contributed by atoms with van der Waals surface area (Å²) in [7, 11) is 0. The second-order valence-electron chi connectivity index (χ2n) is 9.20. The number of benzene rings is 2. The molecule has 3 N–H and O–H groups in total. The molecule has 3 fully saturated rings. The molecule has 2 bridgehead atoms. The number of aryl methyl sites for hydroxylation is 1. The Morgan fingerprint density at radius 2 is 2.03 bits per heavy atom. The van der Waals surface area contributed by atoms with Gasteiger partial charge in [0.05, 0.1) is 19.3 Å². The van der Waals surface area contributed by atoms with Crippen molar-refractivity contribution in [3.63, 3.8) is 0 Å². The second-order valence-corrected chi connectivity index (χ2v) is 9.20. The van der Waals surface area contributed by atoms with E-state index in [9.17, 15) is 0 Å². The fourth-order valence-electron chi connectivity index (χ4n) is 5.13. The number of hydrogen-bond acceptors (Lipinski definition) is 4. The molecule has 5 nitrogen and oxygen atoms in total. The molecule has 3 unspecified atom stereocenters. The van der Waals surface area contributed by atoms with Gasteiger partial charge < -0.3 is 20.1 Å². The van der Waals surface area contributed by atoms with E-state index >= 15 is 0 Å². The number of morpholine rings is 1. The van der Waals surface area contributed by atoms with Crippen molar-refractivity contribution in [2.24, 2.45) is 0 Å². The lowest BCUT2D eigenvalue weighted by Gasteiger charge is -2.26. The van der Waals surface area contributed by atoms with Crippen LogP contribution in [0.1, 0.15) is 30.5 Å². The van der Waals surface area contributed by atoms with Crippen LogP contribution in [-0.4, -0.2) is 59.5 Å². The van der Waals surface area contributed by atoms with Crippen LogP contribution in [0.15, 0.2) is 48.5 Å². The van der Waals surface area contributed by atoms with Crippen molar-refractivity contribution in [3.05, 3.63) is 59.8 Å².